The molecule has 9 N–H and O–H groups in total. The van der Waals surface area contributed by atoms with Gasteiger partial charge in [0.15, 0.2) is 0 Å². The van der Waals surface area contributed by atoms with Crippen LogP contribution in [0, 0.1) is 20.8 Å². The number of carboxylic acids is 1. The Balaban J connectivity index is 0.000000296. The van der Waals surface area contributed by atoms with Gasteiger partial charge in [0.25, 0.3) is 11.8 Å². The fraction of sp³-hybridized carbons (Fsp3) is 0.385. The third-order valence-corrected chi connectivity index (χ3v) is 10.2. The minimum atomic E-state index is -4.53. The quantitative estimate of drug-likeness (QED) is 0.0495. The molecule has 6 rings (SSSR count). The van der Waals surface area contributed by atoms with E-state index in [0.717, 1.165) is 18.2 Å². The maximum Gasteiger partial charge on any atom is 0.416 e. The molecule has 0 aliphatic carbocycles. The van der Waals surface area contributed by atoms with Crippen LogP contribution in [0.1, 0.15) is 163 Å². The highest BCUT2D eigenvalue weighted by molar-refractivity contribution is 6.03. The number of nitrogen functional groups attached to an aromatic ring is 1. The molecule has 3 aromatic heterocycles. The summed E-state index contributed by atoms with van der Waals surface area (Å²) in [7, 11) is 0. The van der Waals surface area contributed by atoms with Crippen LogP contribution in [-0.2, 0) is 28.0 Å². The summed E-state index contributed by atoms with van der Waals surface area (Å²) in [5.41, 5.74) is 8.58. The number of carbonyl (C=O) groups excluding carboxylic acids is 4. The molecule has 0 aliphatic rings. The summed E-state index contributed by atoms with van der Waals surface area (Å²) in [5, 5.41) is 29.3. The number of alkyl carbamates (subject to hydrolysis) is 2. The second kappa shape index (κ2) is 27.0. The number of halogens is 9. The molecule has 0 saturated heterocycles. The lowest BCUT2D eigenvalue weighted by molar-refractivity contribution is -0.138. The van der Waals surface area contributed by atoms with E-state index in [9.17, 15) is 63.5 Å². The number of nitrogens with one attached hydrogen (secondary N) is 4. The Kier molecular flexibility index (Phi) is 22.2. The van der Waals surface area contributed by atoms with Crippen LogP contribution in [0.25, 0.3) is 0 Å². The largest absolute Gasteiger partial charge is 0.475 e. The summed E-state index contributed by atoms with van der Waals surface area (Å²) in [6, 6.07) is 13.1. The van der Waals surface area contributed by atoms with Gasteiger partial charge in [0, 0.05) is 41.3 Å². The summed E-state index contributed by atoms with van der Waals surface area (Å²) in [6.45, 7) is 19.4. The van der Waals surface area contributed by atoms with Gasteiger partial charge in [0.05, 0.1) is 28.8 Å². The van der Waals surface area contributed by atoms with E-state index in [1.807, 2.05) is 0 Å². The minimum Gasteiger partial charge on any atom is -0.475 e. The summed E-state index contributed by atoms with van der Waals surface area (Å²) in [4.78, 5) is 58.1. The number of nitrogens with zero attached hydrogens (tertiary/aromatic N) is 3. The SMILES string of the molecule is C[C@@H](NC(=O)OC(C)(C)C)c1cc(C(=O)O)on1.Cc1ccc(N)cc1C(F)(F)F.Cc1ccc(NC(=O)c2cc([C@@H](C)N)no2)cc1C(F)(F)F.Cc1ccc(NC(=O)c2cc([C@@H](C)NC(=O)OC(C)(C)C)no2)cc1C(F)(F)F. The number of hydrogen-bond donors (Lipinski definition) is 7. The van der Waals surface area contributed by atoms with Gasteiger partial charge < -0.3 is 60.9 Å². The molecule has 0 radical (unpaired) electrons. The van der Waals surface area contributed by atoms with E-state index < -0.39 is 94.5 Å². The molecule has 20 nitrogen and oxygen atoms in total. The minimum absolute atomic E-state index is 0.0154. The van der Waals surface area contributed by atoms with Crippen LogP contribution >= 0.6 is 0 Å². The molecule has 0 aliphatic heterocycles. The van der Waals surface area contributed by atoms with Gasteiger partial charge in [0.1, 0.15) is 28.3 Å². The highest BCUT2D eigenvalue weighted by Crippen LogP contribution is 2.36. The van der Waals surface area contributed by atoms with Crippen molar-refractivity contribution in [2.45, 2.75) is 131 Å². The van der Waals surface area contributed by atoms with Crippen molar-refractivity contribution in [3.63, 3.8) is 0 Å². The van der Waals surface area contributed by atoms with Crippen LogP contribution < -0.4 is 32.7 Å². The molecule has 81 heavy (non-hydrogen) atoms. The van der Waals surface area contributed by atoms with Crippen molar-refractivity contribution in [3.05, 3.63) is 141 Å². The topological polar surface area (TPSA) is 302 Å². The maximum atomic E-state index is 13.0. The predicted molar refractivity (Wildman–Crippen MR) is 274 cm³/mol. The zero-order valence-corrected chi connectivity index (χ0v) is 45.6. The molecule has 3 aromatic carbocycles. The molecular weight excluding hydrogens is 1100 g/mol. The zero-order valence-electron chi connectivity index (χ0n) is 45.6. The van der Waals surface area contributed by atoms with Crippen molar-refractivity contribution in [2.24, 2.45) is 5.73 Å². The average molecular weight is 1160 g/mol. The third-order valence-electron chi connectivity index (χ3n) is 10.2. The van der Waals surface area contributed by atoms with Crippen molar-refractivity contribution in [1.29, 1.82) is 0 Å². The lowest BCUT2D eigenvalue weighted by Gasteiger charge is -2.21. The van der Waals surface area contributed by atoms with Gasteiger partial charge in [-0.15, -0.1) is 0 Å². The molecular formula is C52H60F9N9O11. The Labute approximate surface area is 457 Å². The van der Waals surface area contributed by atoms with Crippen molar-refractivity contribution >= 4 is 47.0 Å². The average Bonchev–Trinajstić information content (AvgIpc) is 4.19. The van der Waals surface area contributed by atoms with Crippen LogP contribution in [0.2, 0.25) is 0 Å². The Hall–Kier alpha value is -8.63. The summed E-state index contributed by atoms with van der Waals surface area (Å²) in [6.07, 6.45) is -14.6. The van der Waals surface area contributed by atoms with Crippen LogP contribution in [0.15, 0.2) is 86.4 Å². The van der Waals surface area contributed by atoms with E-state index in [1.165, 1.54) is 75.4 Å². The van der Waals surface area contributed by atoms with Crippen LogP contribution in [0.5, 0.6) is 0 Å². The number of aromatic carboxylic acids is 1. The van der Waals surface area contributed by atoms with Crippen molar-refractivity contribution in [1.82, 2.24) is 26.1 Å². The smallest absolute Gasteiger partial charge is 0.416 e. The van der Waals surface area contributed by atoms with Crippen LogP contribution in [0.3, 0.4) is 0 Å². The standard InChI is InChI=1S/C19H22F3N3O4.C14H14F3N3O2.C11H16N2O5.C8H8F3N/c1-10-6-7-12(8-13(10)19(20,21)22)24-16(26)15-9-14(25-29-15)11(2)23-17(27)28-18(3,4)5;1-7-3-4-9(5-10(7)14(15,16)17)19-13(21)12-6-11(8(2)18)20-22-12;1-6(12-10(16)17-11(2,3)4)7-5-8(9(14)15)18-13-7;1-5-2-3-6(12)4-7(5)8(9,10)11/h6-9,11H,1-5H3,(H,23,27)(H,24,26);3-6,8H,18H2,1-2H3,(H,19,21);5-6H,1-4H3,(H,12,16)(H,14,15);2-4H,12H2,1H3/t11-;8-;6-;/m111./s1. The normalized spacial score (nSPS) is 12.8. The van der Waals surface area contributed by atoms with Gasteiger partial charge in [0.2, 0.25) is 17.3 Å². The summed E-state index contributed by atoms with van der Waals surface area (Å²) >= 11 is 0. The molecule has 29 heteroatoms. The number of amides is 4. The molecule has 442 valence electrons. The molecule has 0 saturated carbocycles. The lowest BCUT2D eigenvalue weighted by atomic mass is 10.1. The van der Waals surface area contributed by atoms with Crippen LogP contribution in [0.4, 0.5) is 66.2 Å². The first-order chi connectivity index (χ1) is 37.0. The molecule has 4 amide bonds. The molecule has 0 unspecified atom stereocenters. The van der Waals surface area contributed by atoms with Gasteiger partial charge in [-0.1, -0.05) is 33.7 Å². The first kappa shape index (κ1) is 66.6. The number of alkyl halides is 9. The van der Waals surface area contributed by atoms with E-state index >= 15 is 0 Å². The Bertz CT molecular complexity index is 3140. The third kappa shape index (κ3) is 21.9. The molecule has 0 bridgehead atoms. The number of hydrogen-bond acceptors (Lipinski definition) is 15. The fourth-order valence-electron chi connectivity index (χ4n) is 6.26. The maximum absolute atomic E-state index is 13.0. The monoisotopic (exact) mass is 1160 g/mol. The number of aryl methyl sites for hydroxylation is 3. The van der Waals surface area contributed by atoms with E-state index in [1.54, 1.807) is 62.3 Å². The Morgan fingerprint density at radius 2 is 0.840 bits per heavy atom. The predicted octanol–water partition coefficient (Wildman–Crippen LogP) is 12.7. The van der Waals surface area contributed by atoms with Gasteiger partial charge in [-0.3, -0.25) is 9.59 Å². The second-order valence-corrected chi connectivity index (χ2v) is 19.7. The number of rotatable bonds is 10. The molecule has 0 fully saturated rings. The van der Waals surface area contributed by atoms with Crippen molar-refractivity contribution < 1.29 is 91.6 Å². The van der Waals surface area contributed by atoms with Crippen molar-refractivity contribution in [3.8, 4) is 0 Å². The number of anilines is 3. The van der Waals surface area contributed by atoms with Crippen LogP contribution in [-0.4, -0.2) is 61.7 Å². The Morgan fingerprint density at radius 3 is 1.15 bits per heavy atom. The number of carbonyl (C=O) groups is 5. The first-order valence-corrected chi connectivity index (χ1v) is 23.8. The van der Waals surface area contributed by atoms with Gasteiger partial charge in [-0.2, -0.15) is 39.5 Å². The number of ether oxygens (including phenoxy) is 2. The number of nitrogens with two attached hydrogens (primary N) is 2. The van der Waals surface area contributed by atoms with E-state index in [4.69, 9.17) is 35.1 Å². The molecule has 0 spiro atoms. The highest BCUT2D eigenvalue weighted by atomic mass is 19.4. The number of carboxylic acid groups (broad SMARTS) is 1. The van der Waals surface area contributed by atoms with E-state index in [-0.39, 0.29) is 56.7 Å². The fourth-order valence-corrected chi connectivity index (χ4v) is 6.26. The lowest BCUT2D eigenvalue weighted by Crippen LogP contribution is -2.34. The summed E-state index contributed by atoms with van der Waals surface area (Å²) in [5.74, 6) is -3.30. The Morgan fingerprint density at radius 1 is 0.519 bits per heavy atom. The van der Waals surface area contributed by atoms with Crippen molar-refractivity contribution in [2.75, 3.05) is 16.4 Å². The van der Waals surface area contributed by atoms with Gasteiger partial charge in [-0.25, -0.2) is 14.4 Å². The second-order valence-electron chi connectivity index (χ2n) is 19.7. The highest BCUT2D eigenvalue weighted by Gasteiger charge is 2.35. The molecule has 6 aromatic rings. The van der Waals surface area contributed by atoms with Gasteiger partial charge >= 0.3 is 36.7 Å². The molecule has 3 atom stereocenters. The summed E-state index contributed by atoms with van der Waals surface area (Å²) < 4.78 is 139. The molecule has 3 heterocycles. The van der Waals surface area contributed by atoms with Gasteiger partial charge in [-0.05, 0) is 136 Å². The van der Waals surface area contributed by atoms with E-state index in [2.05, 4.69) is 41.3 Å². The number of aromatic nitrogens is 3. The zero-order chi connectivity index (χ0) is 61.7. The first-order valence-electron chi connectivity index (χ1n) is 23.8. The van der Waals surface area contributed by atoms with E-state index in [0.29, 0.717) is 11.4 Å². The number of benzene rings is 3.